The molecule has 1 aromatic heterocycles. The number of ether oxygens (including phenoxy) is 2. The topological polar surface area (TPSA) is 89.0 Å². The second-order valence-electron chi connectivity index (χ2n) is 10.9. The Labute approximate surface area is 239 Å². The average molecular weight is 549 g/mol. The Kier molecular flexibility index (Phi) is 7.62. The number of hydrogen-bond acceptors (Lipinski definition) is 6. The number of nitrogens with zero attached hydrogens (tertiary/aromatic N) is 2. The van der Waals surface area contributed by atoms with Crippen LogP contribution in [0.2, 0.25) is 0 Å². The molecule has 208 valence electrons. The standard InChI is InChI=1S/C34H32N2O5/c1-34(2,3)23-13-18-28(40-4)26(20-23)31(37)29-30(27-12-8-9-19-35-27)36(33(39)32(29)38)24-14-16-25(17-15-24)41-21-22-10-6-5-7-11-22/h5-20,30,37H,21H2,1-4H3/b31-29+. The first-order valence-corrected chi connectivity index (χ1v) is 13.4. The van der Waals surface area contributed by atoms with Crippen LogP contribution in [0.4, 0.5) is 5.69 Å². The molecule has 0 bridgehead atoms. The van der Waals surface area contributed by atoms with Gasteiger partial charge in [-0.25, -0.2) is 0 Å². The molecule has 1 atom stereocenters. The number of aromatic nitrogens is 1. The molecule has 1 aliphatic rings. The van der Waals surface area contributed by atoms with E-state index in [1.54, 1.807) is 60.8 Å². The van der Waals surface area contributed by atoms with Crippen molar-refractivity contribution in [1.82, 2.24) is 4.98 Å². The van der Waals surface area contributed by atoms with Gasteiger partial charge in [0.1, 0.15) is 29.9 Å². The van der Waals surface area contributed by atoms with Gasteiger partial charge in [-0.05, 0) is 65.1 Å². The van der Waals surface area contributed by atoms with Gasteiger partial charge in [-0.2, -0.15) is 0 Å². The number of ketones is 1. The number of carbonyl (C=O) groups is 2. The van der Waals surface area contributed by atoms with Gasteiger partial charge in [0, 0.05) is 11.9 Å². The van der Waals surface area contributed by atoms with E-state index >= 15 is 0 Å². The zero-order chi connectivity index (χ0) is 29.1. The maximum absolute atomic E-state index is 13.6. The van der Waals surface area contributed by atoms with Crippen LogP contribution in [0.5, 0.6) is 11.5 Å². The number of Topliss-reactive ketones (excluding diaryl/α,β-unsaturated/α-hetero) is 1. The van der Waals surface area contributed by atoms with Crippen molar-refractivity contribution in [2.75, 3.05) is 12.0 Å². The molecular formula is C34H32N2O5. The largest absolute Gasteiger partial charge is 0.507 e. The number of aliphatic hydroxyl groups excluding tert-OH is 1. The number of aliphatic hydroxyl groups is 1. The van der Waals surface area contributed by atoms with Crippen molar-refractivity contribution >= 4 is 23.1 Å². The highest BCUT2D eigenvalue weighted by Gasteiger charge is 2.48. The van der Waals surface area contributed by atoms with Gasteiger partial charge in [0.15, 0.2) is 0 Å². The van der Waals surface area contributed by atoms with Crippen LogP contribution in [0, 0.1) is 0 Å². The van der Waals surface area contributed by atoms with Gasteiger partial charge in [0.25, 0.3) is 11.7 Å². The van der Waals surface area contributed by atoms with Crippen LogP contribution in [0.25, 0.3) is 5.76 Å². The maximum Gasteiger partial charge on any atom is 0.300 e. The van der Waals surface area contributed by atoms with Gasteiger partial charge >= 0.3 is 0 Å². The third-order valence-corrected chi connectivity index (χ3v) is 7.10. The molecule has 1 N–H and O–H groups in total. The Hall–Kier alpha value is -4.91. The number of rotatable bonds is 7. The first-order valence-electron chi connectivity index (χ1n) is 13.4. The second-order valence-corrected chi connectivity index (χ2v) is 10.9. The number of methoxy groups -OCH3 is 1. The van der Waals surface area contributed by atoms with E-state index in [0.717, 1.165) is 11.1 Å². The Morgan fingerprint density at radius 3 is 2.27 bits per heavy atom. The van der Waals surface area contributed by atoms with E-state index in [9.17, 15) is 14.7 Å². The van der Waals surface area contributed by atoms with Crippen LogP contribution in [0.3, 0.4) is 0 Å². The van der Waals surface area contributed by atoms with Gasteiger partial charge in [-0.15, -0.1) is 0 Å². The Morgan fingerprint density at radius 1 is 0.927 bits per heavy atom. The maximum atomic E-state index is 13.6. The minimum absolute atomic E-state index is 0.0533. The third kappa shape index (κ3) is 5.57. The summed E-state index contributed by atoms with van der Waals surface area (Å²) in [5.74, 6) is -0.863. The molecule has 7 nitrogen and oxygen atoms in total. The predicted molar refractivity (Wildman–Crippen MR) is 158 cm³/mol. The monoisotopic (exact) mass is 548 g/mol. The summed E-state index contributed by atoms with van der Waals surface area (Å²) in [5.41, 5.74) is 2.95. The van der Waals surface area contributed by atoms with Gasteiger partial charge in [-0.1, -0.05) is 63.2 Å². The first kappa shape index (κ1) is 27.6. The minimum atomic E-state index is -0.949. The van der Waals surface area contributed by atoms with E-state index in [-0.39, 0.29) is 16.7 Å². The average Bonchev–Trinajstić information content (AvgIpc) is 3.26. The quantitative estimate of drug-likeness (QED) is 0.159. The summed E-state index contributed by atoms with van der Waals surface area (Å²) in [5, 5.41) is 11.7. The molecule has 1 amide bonds. The number of anilines is 1. The van der Waals surface area contributed by atoms with E-state index in [0.29, 0.717) is 35.1 Å². The van der Waals surface area contributed by atoms with Crippen LogP contribution >= 0.6 is 0 Å². The second kappa shape index (κ2) is 11.3. The molecule has 0 spiro atoms. The third-order valence-electron chi connectivity index (χ3n) is 7.10. The predicted octanol–water partition coefficient (Wildman–Crippen LogP) is 6.59. The van der Waals surface area contributed by atoms with E-state index in [1.807, 2.05) is 36.4 Å². The number of hydrogen-bond donors (Lipinski definition) is 1. The highest BCUT2D eigenvalue weighted by molar-refractivity contribution is 6.51. The van der Waals surface area contributed by atoms with Crippen molar-refractivity contribution < 1.29 is 24.2 Å². The molecule has 41 heavy (non-hydrogen) atoms. The lowest BCUT2D eigenvalue weighted by molar-refractivity contribution is -0.132. The summed E-state index contributed by atoms with van der Waals surface area (Å²) in [6.45, 7) is 6.56. The van der Waals surface area contributed by atoms with Gasteiger partial charge in [0.2, 0.25) is 0 Å². The van der Waals surface area contributed by atoms with E-state index in [4.69, 9.17) is 9.47 Å². The van der Waals surface area contributed by atoms with Crippen LogP contribution < -0.4 is 14.4 Å². The summed E-state index contributed by atoms with van der Waals surface area (Å²) >= 11 is 0. The zero-order valence-electron chi connectivity index (χ0n) is 23.5. The van der Waals surface area contributed by atoms with Crippen molar-refractivity contribution in [3.05, 3.63) is 125 Å². The number of amides is 1. The lowest BCUT2D eigenvalue weighted by Gasteiger charge is -2.25. The zero-order valence-corrected chi connectivity index (χ0v) is 23.5. The SMILES string of the molecule is COc1ccc(C(C)(C)C)cc1/C(O)=C1\C(=O)C(=O)N(c2ccc(OCc3ccccc3)cc2)C1c1ccccn1. The van der Waals surface area contributed by atoms with E-state index in [2.05, 4.69) is 25.8 Å². The fraction of sp³-hybridized carbons (Fsp3) is 0.206. The van der Waals surface area contributed by atoms with E-state index < -0.39 is 17.7 Å². The number of pyridine rings is 1. The highest BCUT2D eigenvalue weighted by atomic mass is 16.5. The molecule has 1 aliphatic heterocycles. The van der Waals surface area contributed by atoms with Gasteiger partial charge < -0.3 is 14.6 Å². The van der Waals surface area contributed by atoms with Gasteiger partial charge in [-0.3, -0.25) is 19.5 Å². The number of benzene rings is 3. The highest BCUT2D eigenvalue weighted by Crippen LogP contribution is 2.43. The normalized spacial score (nSPS) is 16.6. The summed E-state index contributed by atoms with van der Waals surface area (Å²) in [6.07, 6.45) is 1.59. The Balaban J connectivity index is 1.57. The van der Waals surface area contributed by atoms with Crippen LogP contribution in [0.1, 0.15) is 49.2 Å². The van der Waals surface area contributed by atoms with Crippen molar-refractivity contribution in [3.8, 4) is 11.5 Å². The molecule has 1 fully saturated rings. The fourth-order valence-corrected chi connectivity index (χ4v) is 4.86. The van der Waals surface area contributed by atoms with Gasteiger partial charge in [0.05, 0.1) is 23.9 Å². The van der Waals surface area contributed by atoms with Crippen molar-refractivity contribution in [2.24, 2.45) is 0 Å². The molecule has 1 unspecified atom stereocenters. The molecule has 7 heteroatoms. The van der Waals surface area contributed by atoms with Crippen LogP contribution in [-0.2, 0) is 21.6 Å². The molecule has 1 saturated heterocycles. The number of carbonyl (C=O) groups excluding carboxylic acids is 2. The summed E-state index contributed by atoms with van der Waals surface area (Å²) in [6, 6.07) is 26.6. The minimum Gasteiger partial charge on any atom is -0.507 e. The van der Waals surface area contributed by atoms with Crippen LogP contribution in [-0.4, -0.2) is 28.9 Å². The smallest absolute Gasteiger partial charge is 0.300 e. The summed E-state index contributed by atoms with van der Waals surface area (Å²) in [7, 11) is 1.50. The molecular weight excluding hydrogens is 516 g/mol. The Bertz CT molecular complexity index is 1590. The molecule has 2 heterocycles. The summed E-state index contributed by atoms with van der Waals surface area (Å²) in [4.78, 5) is 33.0. The first-order chi connectivity index (χ1) is 19.7. The lowest BCUT2D eigenvalue weighted by Crippen LogP contribution is -2.29. The molecule has 4 aromatic rings. The molecule has 0 aliphatic carbocycles. The van der Waals surface area contributed by atoms with Crippen molar-refractivity contribution in [3.63, 3.8) is 0 Å². The van der Waals surface area contributed by atoms with Crippen molar-refractivity contribution in [1.29, 1.82) is 0 Å². The fourth-order valence-electron chi connectivity index (χ4n) is 4.86. The van der Waals surface area contributed by atoms with E-state index in [1.165, 1.54) is 12.0 Å². The Morgan fingerprint density at radius 2 is 1.63 bits per heavy atom. The molecule has 3 aromatic carbocycles. The van der Waals surface area contributed by atoms with Crippen LogP contribution in [0.15, 0.2) is 103 Å². The molecule has 0 radical (unpaired) electrons. The molecule has 0 saturated carbocycles. The van der Waals surface area contributed by atoms with Crippen molar-refractivity contribution in [2.45, 2.75) is 38.8 Å². The lowest BCUT2D eigenvalue weighted by atomic mass is 9.85. The molecule has 5 rings (SSSR count). The summed E-state index contributed by atoms with van der Waals surface area (Å²) < 4.78 is 11.4.